The van der Waals surface area contributed by atoms with Gasteiger partial charge < -0.3 is 10.6 Å². The predicted molar refractivity (Wildman–Crippen MR) is 92.3 cm³/mol. The number of rotatable bonds is 5. The minimum absolute atomic E-state index is 0.137. The highest BCUT2D eigenvalue weighted by Gasteiger charge is 2.13. The van der Waals surface area contributed by atoms with Gasteiger partial charge in [-0.3, -0.25) is 4.79 Å². The topological polar surface area (TPSA) is 84.7 Å². The lowest BCUT2D eigenvalue weighted by Gasteiger charge is -2.15. The van der Waals surface area contributed by atoms with Gasteiger partial charge in [0.2, 0.25) is 5.91 Å². The summed E-state index contributed by atoms with van der Waals surface area (Å²) in [6.45, 7) is 1.79. The summed E-state index contributed by atoms with van der Waals surface area (Å²) in [7, 11) is 0. The van der Waals surface area contributed by atoms with Crippen molar-refractivity contribution in [2.75, 3.05) is 10.6 Å². The van der Waals surface area contributed by atoms with Gasteiger partial charge in [-0.15, -0.1) is 5.10 Å². The van der Waals surface area contributed by atoms with Crippen LogP contribution in [0.1, 0.15) is 6.92 Å². The highest BCUT2D eigenvalue weighted by Crippen LogP contribution is 2.15. The third-order valence-electron chi connectivity index (χ3n) is 3.37. The summed E-state index contributed by atoms with van der Waals surface area (Å²) >= 11 is 5.83. The van der Waals surface area contributed by atoms with Crippen LogP contribution in [0.15, 0.2) is 54.9 Å². The quantitative estimate of drug-likeness (QED) is 0.744. The lowest BCUT2D eigenvalue weighted by molar-refractivity contribution is -0.116. The molecule has 7 nitrogen and oxygen atoms in total. The number of tetrazole rings is 1. The van der Waals surface area contributed by atoms with Crippen molar-refractivity contribution in [1.82, 2.24) is 20.2 Å². The van der Waals surface area contributed by atoms with E-state index in [0.29, 0.717) is 10.7 Å². The number of benzene rings is 2. The number of nitrogens with zero attached hydrogens (tertiary/aromatic N) is 4. The lowest BCUT2D eigenvalue weighted by atomic mass is 10.2. The third kappa shape index (κ3) is 3.88. The maximum atomic E-state index is 12.2. The Balaban J connectivity index is 1.60. The zero-order valence-corrected chi connectivity index (χ0v) is 13.6. The Kier molecular flexibility index (Phi) is 4.72. The van der Waals surface area contributed by atoms with E-state index in [4.69, 9.17) is 11.6 Å². The maximum Gasteiger partial charge on any atom is 0.246 e. The fourth-order valence-electron chi connectivity index (χ4n) is 2.09. The summed E-state index contributed by atoms with van der Waals surface area (Å²) in [6, 6.07) is 14.0. The number of carbonyl (C=O) groups excluding carboxylic acids is 1. The van der Waals surface area contributed by atoms with Crippen molar-refractivity contribution < 1.29 is 4.79 Å². The van der Waals surface area contributed by atoms with Crippen LogP contribution < -0.4 is 10.6 Å². The molecule has 1 atom stereocenters. The zero-order chi connectivity index (χ0) is 16.9. The fraction of sp³-hybridized carbons (Fsp3) is 0.125. The van der Waals surface area contributed by atoms with Gasteiger partial charge in [0.05, 0.1) is 5.69 Å². The van der Waals surface area contributed by atoms with Gasteiger partial charge in [-0.05, 0) is 65.9 Å². The van der Waals surface area contributed by atoms with Crippen LogP contribution in [-0.2, 0) is 4.79 Å². The van der Waals surface area contributed by atoms with Crippen molar-refractivity contribution in [2.45, 2.75) is 13.0 Å². The first-order valence-corrected chi connectivity index (χ1v) is 7.66. The number of halogens is 1. The van der Waals surface area contributed by atoms with Crippen molar-refractivity contribution >= 4 is 28.9 Å². The molecule has 0 aliphatic heterocycles. The van der Waals surface area contributed by atoms with Crippen LogP contribution in [0.4, 0.5) is 11.4 Å². The minimum Gasteiger partial charge on any atom is -0.374 e. The van der Waals surface area contributed by atoms with Gasteiger partial charge >= 0.3 is 0 Å². The van der Waals surface area contributed by atoms with E-state index in [-0.39, 0.29) is 5.91 Å². The number of nitrogens with one attached hydrogen (secondary N) is 2. The first-order chi connectivity index (χ1) is 11.6. The van der Waals surface area contributed by atoms with E-state index < -0.39 is 6.04 Å². The molecule has 0 bridgehead atoms. The van der Waals surface area contributed by atoms with E-state index in [1.54, 1.807) is 35.9 Å². The van der Waals surface area contributed by atoms with Crippen LogP contribution in [0.25, 0.3) is 5.69 Å². The second-order valence-electron chi connectivity index (χ2n) is 5.16. The average molecular weight is 343 g/mol. The summed E-state index contributed by atoms with van der Waals surface area (Å²) < 4.78 is 1.56. The van der Waals surface area contributed by atoms with Gasteiger partial charge in [-0.1, -0.05) is 11.6 Å². The van der Waals surface area contributed by atoms with Crippen LogP contribution >= 0.6 is 11.6 Å². The first kappa shape index (κ1) is 15.9. The normalized spacial score (nSPS) is 11.8. The molecule has 1 aromatic heterocycles. The minimum atomic E-state index is -0.403. The Labute approximate surface area is 143 Å². The van der Waals surface area contributed by atoms with Crippen LogP contribution in [0, 0.1) is 0 Å². The van der Waals surface area contributed by atoms with Crippen molar-refractivity contribution in [1.29, 1.82) is 0 Å². The Hall–Kier alpha value is -2.93. The summed E-state index contributed by atoms with van der Waals surface area (Å²) in [6.07, 6.45) is 1.52. The molecule has 0 saturated heterocycles. The third-order valence-corrected chi connectivity index (χ3v) is 3.62. The molecule has 2 aromatic carbocycles. The molecule has 1 amide bonds. The number of amides is 1. The van der Waals surface area contributed by atoms with Crippen molar-refractivity contribution in [2.24, 2.45) is 0 Å². The van der Waals surface area contributed by atoms with Crippen LogP contribution in [0.3, 0.4) is 0 Å². The van der Waals surface area contributed by atoms with E-state index >= 15 is 0 Å². The molecule has 0 radical (unpaired) electrons. The summed E-state index contributed by atoms with van der Waals surface area (Å²) in [5.74, 6) is -0.137. The molecule has 0 aliphatic carbocycles. The van der Waals surface area contributed by atoms with Gasteiger partial charge in [0.25, 0.3) is 0 Å². The predicted octanol–water partition coefficient (Wildman–Crippen LogP) is 2.75. The average Bonchev–Trinajstić information content (AvgIpc) is 3.12. The molecule has 2 N–H and O–H groups in total. The van der Waals surface area contributed by atoms with Crippen molar-refractivity contribution in [3.05, 3.63) is 59.9 Å². The Morgan fingerprint density at radius 3 is 2.38 bits per heavy atom. The monoisotopic (exact) mass is 342 g/mol. The van der Waals surface area contributed by atoms with Crippen molar-refractivity contribution in [3.8, 4) is 5.69 Å². The molecule has 0 fully saturated rings. The molecule has 8 heteroatoms. The molecule has 0 aliphatic rings. The molecule has 3 rings (SSSR count). The summed E-state index contributed by atoms with van der Waals surface area (Å²) in [5, 5.41) is 17.6. The Morgan fingerprint density at radius 2 is 1.75 bits per heavy atom. The highest BCUT2D eigenvalue weighted by molar-refractivity contribution is 6.30. The number of aromatic nitrogens is 4. The molecule has 24 heavy (non-hydrogen) atoms. The Bertz CT molecular complexity index is 802. The molecular weight excluding hydrogens is 328 g/mol. The lowest BCUT2D eigenvalue weighted by Crippen LogP contribution is -2.31. The van der Waals surface area contributed by atoms with E-state index in [1.807, 2.05) is 24.3 Å². The van der Waals surface area contributed by atoms with Gasteiger partial charge in [-0.2, -0.15) is 0 Å². The first-order valence-electron chi connectivity index (χ1n) is 7.28. The number of carbonyl (C=O) groups is 1. The molecule has 3 aromatic rings. The maximum absolute atomic E-state index is 12.2. The molecule has 122 valence electrons. The summed E-state index contributed by atoms with van der Waals surface area (Å²) in [4.78, 5) is 12.2. The standard InChI is InChI=1S/C16H15ClN6O/c1-11(16(24)20-14-4-2-12(17)3-5-14)19-13-6-8-15(9-7-13)23-10-18-21-22-23/h2-11,19H,1H3,(H,20,24). The van der Waals surface area contributed by atoms with Gasteiger partial charge in [0, 0.05) is 16.4 Å². The molecule has 0 saturated carbocycles. The largest absolute Gasteiger partial charge is 0.374 e. The van der Waals surface area contributed by atoms with E-state index in [1.165, 1.54) is 6.33 Å². The second-order valence-corrected chi connectivity index (χ2v) is 5.60. The SMILES string of the molecule is CC(Nc1ccc(-n2cnnn2)cc1)C(=O)Nc1ccc(Cl)cc1. The zero-order valence-electron chi connectivity index (χ0n) is 12.8. The van der Waals surface area contributed by atoms with Crippen LogP contribution in [0.5, 0.6) is 0 Å². The second kappa shape index (κ2) is 7.10. The number of anilines is 2. The molecule has 1 unspecified atom stereocenters. The molecular formula is C16H15ClN6O. The fourth-order valence-corrected chi connectivity index (χ4v) is 2.22. The molecule has 0 spiro atoms. The number of hydrogen-bond acceptors (Lipinski definition) is 5. The van der Waals surface area contributed by atoms with Crippen LogP contribution in [-0.4, -0.2) is 32.2 Å². The van der Waals surface area contributed by atoms with Gasteiger partial charge in [0.1, 0.15) is 12.4 Å². The molecule has 1 heterocycles. The highest BCUT2D eigenvalue weighted by atomic mass is 35.5. The van der Waals surface area contributed by atoms with E-state index in [2.05, 4.69) is 26.2 Å². The Morgan fingerprint density at radius 1 is 1.08 bits per heavy atom. The van der Waals surface area contributed by atoms with E-state index in [0.717, 1.165) is 11.4 Å². The van der Waals surface area contributed by atoms with E-state index in [9.17, 15) is 4.79 Å². The van der Waals surface area contributed by atoms with Gasteiger partial charge in [0.15, 0.2) is 0 Å². The van der Waals surface area contributed by atoms with Crippen LogP contribution in [0.2, 0.25) is 5.02 Å². The number of hydrogen-bond donors (Lipinski definition) is 2. The van der Waals surface area contributed by atoms with Gasteiger partial charge in [-0.25, -0.2) is 4.68 Å². The van der Waals surface area contributed by atoms with Crippen molar-refractivity contribution in [3.63, 3.8) is 0 Å². The smallest absolute Gasteiger partial charge is 0.246 e. The summed E-state index contributed by atoms with van der Waals surface area (Å²) in [5.41, 5.74) is 2.36.